The van der Waals surface area contributed by atoms with Crippen molar-refractivity contribution in [1.29, 1.82) is 0 Å². The number of para-hydroxylation sites is 1. The number of hydrogen-bond acceptors (Lipinski definition) is 8. The number of hydrogen-bond donors (Lipinski definition) is 2. The Morgan fingerprint density at radius 3 is 2.79 bits per heavy atom. The number of aryl methyl sites for hydroxylation is 1. The first-order chi connectivity index (χ1) is 16.6. The third kappa shape index (κ3) is 4.55. The molecule has 5 rings (SSSR count). The molecule has 0 bridgehead atoms. The average Bonchev–Trinajstić information content (AvgIpc) is 3.17. The van der Waals surface area contributed by atoms with E-state index in [9.17, 15) is 4.79 Å². The number of amidine groups is 1. The van der Waals surface area contributed by atoms with E-state index in [1.807, 2.05) is 71.5 Å². The molecule has 34 heavy (non-hydrogen) atoms. The topological polar surface area (TPSA) is 97.1 Å². The van der Waals surface area contributed by atoms with Gasteiger partial charge in [0.15, 0.2) is 10.8 Å². The lowest BCUT2D eigenvalue weighted by Crippen LogP contribution is -2.32. The third-order valence-corrected chi connectivity index (χ3v) is 6.78. The summed E-state index contributed by atoms with van der Waals surface area (Å²) in [5.41, 5.74) is 8.61. The van der Waals surface area contributed by atoms with Gasteiger partial charge in [0.1, 0.15) is 5.52 Å². The number of nitrogens with one attached hydrogen (secondary N) is 2. The molecule has 0 atom stereocenters. The molecule has 2 N–H and O–H groups in total. The summed E-state index contributed by atoms with van der Waals surface area (Å²) in [6.07, 6.45) is 1.82. The number of rotatable bonds is 6. The van der Waals surface area contributed by atoms with Crippen LogP contribution in [0.5, 0.6) is 0 Å². The number of fused-ring (bicyclic) bond motifs is 3. The van der Waals surface area contributed by atoms with Crippen molar-refractivity contribution in [2.75, 3.05) is 5.75 Å². The van der Waals surface area contributed by atoms with Crippen LogP contribution in [0.25, 0.3) is 27.8 Å². The predicted octanol–water partition coefficient (Wildman–Crippen LogP) is 4.29. The summed E-state index contributed by atoms with van der Waals surface area (Å²) in [4.78, 5) is 17.1. The monoisotopic (exact) mass is 487 g/mol. The Morgan fingerprint density at radius 2 is 2.03 bits per heavy atom. The zero-order chi connectivity index (χ0) is 23.5. The molecule has 0 radical (unpaired) electrons. The van der Waals surface area contributed by atoms with Crippen LogP contribution in [0.2, 0.25) is 0 Å². The van der Waals surface area contributed by atoms with Crippen molar-refractivity contribution in [1.82, 2.24) is 30.5 Å². The van der Waals surface area contributed by atoms with E-state index in [1.165, 1.54) is 29.1 Å². The third-order valence-electron chi connectivity index (χ3n) is 5.17. The maximum Gasteiger partial charge on any atom is 0.236 e. The zero-order valence-corrected chi connectivity index (χ0v) is 20.0. The number of allylic oxidation sites excluding steroid dienone is 1. The second-order valence-corrected chi connectivity index (χ2v) is 9.36. The quantitative estimate of drug-likeness (QED) is 0.309. The minimum Gasteiger partial charge on any atom is -0.320 e. The Kier molecular flexibility index (Phi) is 6.33. The molecule has 0 saturated heterocycles. The molecule has 1 amide bonds. The number of hydrazone groups is 1. The minimum absolute atomic E-state index is 0.142. The van der Waals surface area contributed by atoms with Gasteiger partial charge in [0.2, 0.25) is 11.1 Å². The van der Waals surface area contributed by atoms with Crippen molar-refractivity contribution in [2.24, 2.45) is 5.10 Å². The Labute approximate surface area is 204 Å². The van der Waals surface area contributed by atoms with Crippen molar-refractivity contribution >= 4 is 62.4 Å². The van der Waals surface area contributed by atoms with Crippen molar-refractivity contribution in [3.63, 3.8) is 0 Å². The zero-order valence-electron chi connectivity index (χ0n) is 18.4. The van der Waals surface area contributed by atoms with Gasteiger partial charge in [0.05, 0.1) is 17.0 Å². The van der Waals surface area contributed by atoms with E-state index in [1.54, 1.807) is 0 Å². The van der Waals surface area contributed by atoms with Gasteiger partial charge in [-0.2, -0.15) is 0 Å². The van der Waals surface area contributed by atoms with Gasteiger partial charge >= 0.3 is 0 Å². The highest BCUT2D eigenvalue weighted by Gasteiger charge is 2.16. The number of carbonyl (C=O) groups is 1. The summed E-state index contributed by atoms with van der Waals surface area (Å²) >= 11 is 2.59. The summed E-state index contributed by atoms with van der Waals surface area (Å²) in [5.74, 6) is -0.0521. The fourth-order valence-electron chi connectivity index (χ4n) is 3.55. The lowest BCUT2D eigenvalue weighted by Gasteiger charge is -2.14. The number of benzene rings is 2. The lowest BCUT2D eigenvalue weighted by molar-refractivity contribution is -0.117. The molecule has 0 fully saturated rings. The molecule has 1 aliphatic heterocycles. The second-order valence-electron chi connectivity index (χ2n) is 7.56. The van der Waals surface area contributed by atoms with Gasteiger partial charge < -0.3 is 9.88 Å². The van der Waals surface area contributed by atoms with Crippen LogP contribution in [0.3, 0.4) is 0 Å². The Balaban J connectivity index is 1.23. The van der Waals surface area contributed by atoms with Crippen molar-refractivity contribution in [3.05, 3.63) is 77.7 Å². The van der Waals surface area contributed by atoms with Gasteiger partial charge in [-0.15, -0.1) is 21.9 Å². The summed E-state index contributed by atoms with van der Waals surface area (Å²) in [7, 11) is 0. The van der Waals surface area contributed by atoms with E-state index in [0.29, 0.717) is 16.9 Å². The number of nitrogens with zero attached hydrogens (tertiary/aromatic N) is 5. The molecule has 170 valence electrons. The molecule has 2 aromatic carbocycles. The van der Waals surface area contributed by atoms with E-state index in [2.05, 4.69) is 37.6 Å². The summed E-state index contributed by atoms with van der Waals surface area (Å²) in [6.45, 7) is 6.50. The predicted molar refractivity (Wildman–Crippen MR) is 139 cm³/mol. The normalized spacial score (nSPS) is 13.3. The molecule has 0 saturated carbocycles. The fraction of sp³-hybridized carbons (Fsp3) is 0.125. The van der Waals surface area contributed by atoms with Crippen LogP contribution < -0.4 is 10.7 Å². The van der Waals surface area contributed by atoms with Crippen LogP contribution >= 0.6 is 23.5 Å². The first-order valence-corrected chi connectivity index (χ1v) is 12.4. The maximum atomic E-state index is 12.5. The molecule has 3 heterocycles. The van der Waals surface area contributed by atoms with E-state index >= 15 is 0 Å². The molecule has 4 aromatic rings. The van der Waals surface area contributed by atoms with Crippen LogP contribution in [0.4, 0.5) is 0 Å². The van der Waals surface area contributed by atoms with Gasteiger partial charge in [0.25, 0.3) is 0 Å². The first-order valence-electron chi connectivity index (χ1n) is 10.5. The van der Waals surface area contributed by atoms with E-state index in [-0.39, 0.29) is 11.7 Å². The summed E-state index contributed by atoms with van der Waals surface area (Å²) < 4.78 is 2.05. The van der Waals surface area contributed by atoms with Crippen molar-refractivity contribution in [2.45, 2.75) is 18.6 Å². The Morgan fingerprint density at radius 1 is 1.21 bits per heavy atom. The van der Waals surface area contributed by atoms with E-state index in [4.69, 9.17) is 0 Å². The van der Waals surface area contributed by atoms with E-state index < -0.39 is 0 Å². The number of amides is 1. The fourth-order valence-corrected chi connectivity index (χ4v) is 4.82. The minimum atomic E-state index is -0.194. The average molecular weight is 488 g/mol. The smallest absolute Gasteiger partial charge is 0.236 e. The summed E-state index contributed by atoms with van der Waals surface area (Å²) in [6, 6.07) is 16.1. The second kappa shape index (κ2) is 9.70. The van der Waals surface area contributed by atoms with Crippen LogP contribution in [-0.2, 0) is 11.3 Å². The number of carbonyl (C=O) groups excluding carboxylic acids is 1. The molecular formula is C24H21N7OS2. The number of aromatic nitrogens is 4. The molecule has 0 unspecified atom stereocenters. The van der Waals surface area contributed by atoms with Gasteiger partial charge in [-0.05, 0) is 13.0 Å². The van der Waals surface area contributed by atoms with Gasteiger partial charge in [0, 0.05) is 22.9 Å². The first kappa shape index (κ1) is 22.2. The van der Waals surface area contributed by atoms with Crippen LogP contribution in [0.1, 0.15) is 11.1 Å². The van der Waals surface area contributed by atoms with Crippen LogP contribution in [0, 0.1) is 6.92 Å². The molecule has 10 heteroatoms. The largest absolute Gasteiger partial charge is 0.320 e. The molecule has 1 aliphatic rings. The standard InChI is InChI=1S/C24H21N7OS2/c1-3-12-31-19-7-5-4-6-17(19)21-22(31)26-24(30-28-21)34-14-20(32)25-23-29-27-18(13-33-23)16-10-8-15(2)9-11-16/h3-11,13,27H,1,12,14H2,2H3,(H,25,29,32). The molecule has 0 aliphatic carbocycles. The molecule has 2 aromatic heterocycles. The van der Waals surface area contributed by atoms with Gasteiger partial charge in [-0.25, -0.2) is 4.98 Å². The van der Waals surface area contributed by atoms with Crippen LogP contribution in [0.15, 0.2) is 76.9 Å². The van der Waals surface area contributed by atoms with Gasteiger partial charge in [-0.3, -0.25) is 10.2 Å². The lowest BCUT2D eigenvalue weighted by atomic mass is 10.1. The highest BCUT2D eigenvalue weighted by Crippen LogP contribution is 2.27. The molecular weight excluding hydrogens is 466 g/mol. The highest BCUT2D eigenvalue weighted by molar-refractivity contribution is 8.16. The van der Waals surface area contributed by atoms with Crippen LogP contribution in [-0.4, -0.2) is 36.6 Å². The summed E-state index contributed by atoms with van der Waals surface area (Å²) in [5, 5.41) is 19.5. The molecule has 8 nitrogen and oxygen atoms in total. The van der Waals surface area contributed by atoms with Gasteiger partial charge in [-0.1, -0.05) is 77.6 Å². The SMILES string of the molecule is C=CCn1c2ccccc2c2nnc(SCC(=O)NC3=NNC(c4ccc(C)cc4)=CS3)nc21. The number of thioether (sulfide) groups is 2. The maximum absolute atomic E-state index is 12.5. The Bertz CT molecular complexity index is 1460. The molecule has 0 spiro atoms. The van der Waals surface area contributed by atoms with Crippen molar-refractivity contribution in [3.8, 4) is 0 Å². The highest BCUT2D eigenvalue weighted by atomic mass is 32.2. The van der Waals surface area contributed by atoms with Crippen molar-refractivity contribution < 1.29 is 4.79 Å². The Hall–Kier alpha value is -3.63. The van der Waals surface area contributed by atoms with E-state index in [0.717, 1.165) is 33.3 Å².